The lowest BCUT2D eigenvalue weighted by Gasteiger charge is -2.20. The minimum absolute atomic E-state index is 0.101. The molecule has 1 amide bonds. The minimum Gasteiger partial charge on any atom is -0.344 e. The number of hydrogen-bond acceptors (Lipinski definition) is 3. The van der Waals surface area contributed by atoms with Crippen LogP contribution in [0.4, 0.5) is 0 Å². The Morgan fingerprint density at radius 2 is 1.84 bits per heavy atom. The Balaban J connectivity index is 1.86. The van der Waals surface area contributed by atoms with Crippen molar-refractivity contribution in [2.24, 2.45) is 0 Å². The van der Waals surface area contributed by atoms with Crippen molar-refractivity contribution in [3.8, 4) is 0 Å². The lowest BCUT2D eigenvalue weighted by molar-refractivity contribution is -0.122. The molecule has 1 aromatic heterocycles. The molecule has 3 rings (SSSR count). The van der Waals surface area contributed by atoms with Crippen molar-refractivity contribution in [1.29, 1.82) is 0 Å². The van der Waals surface area contributed by atoms with E-state index in [1.807, 2.05) is 48.5 Å². The monoisotopic (exact) mass is 353 g/mol. The largest absolute Gasteiger partial charge is 0.347 e. The molecule has 6 heteroatoms. The first-order chi connectivity index (χ1) is 12.1. The topological polar surface area (TPSA) is 64.0 Å². The molecule has 5 nitrogen and oxygen atoms in total. The number of hydrogen-bond donors (Lipinski definition) is 1. The first kappa shape index (κ1) is 16.9. The molecule has 1 heterocycles. The van der Waals surface area contributed by atoms with Crippen LogP contribution in [-0.4, -0.2) is 15.5 Å². The van der Waals surface area contributed by atoms with E-state index in [1.54, 1.807) is 12.1 Å². The average Bonchev–Trinajstić information content (AvgIpc) is 2.62. The van der Waals surface area contributed by atoms with Gasteiger partial charge < -0.3 is 5.32 Å². The normalized spacial score (nSPS) is 11.7. The van der Waals surface area contributed by atoms with Gasteiger partial charge in [0.1, 0.15) is 6.54 Å². The van der Waals surface area contributed by atoms with Crippen LogP contribution in [0.1, 0.15) is 17.2 Å². The zero-order valence-corrected chi connectivity index (χ0v) is 14.1. The zero-order valence-electron chi connectivity index (χ0n) is 13.3. The summed E-state index contributed by atoms with van der Waals surface area (Å²) in [7, 11) is 0. The molecule has 0 saturated carbocycles. The Kier molecular flexibility index (Phi) is 5.26. The number of nitrogens with zero attached hydrogens (tertiary/aromatic N) is 2. The van der Waals surface area contributed by atoms with Crippen LogP contribution in [0.25, 0.3) is 0 Å². The number of rotatable bonds is 5. The summed E-state index contributed by atoms with van der Waals surface area (Å²) in [6, 6.07) is 18.2. The van der Waals surface area contributed by atoms with Crippen LogP contribution in [-0.2, 0) is 11.3 Å². The van der Waals surface area contributed by atoms with Crippen LogP contribution >= 0.6 is 11.6 Å². The van der Waals surface area contributed by atoms with E-state index in [-0.39, 0.29) is 18.5 Å². The average molecular weight is 354 g/mol. The van der Waals surface area contributed by atoms with Gasteiger partial charge in [-0.1, -0.05) is 54.1 Å². The van der Waals surface area contributed by atoms with Crippen LogP contribution in [0.5, 0.6) is 0 Å². The summed E-state index contributed by atoms with van der Waals surface area (Å²) >= 11 is 6.10. The summed E-state index contributed by atoms with van der Waals surface area (Å²) in [5.41, 5.74) is 1.33. The van der Waals surface area contributed by atoms with Crippen LogP contribution in [0.2, 0.25) is 5.02 Å². The first-order valence-corrected chi connectivity index (χ1v) is 8.12. The third-order valence-corrected chi connectivity index (χ3v) is 3.95. The predicted molar refractivity (Wildman–Crippen MR) is 96.4 cm³/mol. The highest BCUT2D eigenvalue weighted by Gasteiger charge is 2.17. The number of halogens is 1. The molecule has 2 aromatic carbocycles. The Morgan fingerprint density at radius 1 is 1.08 bits per heavy atom. The smallest absolute Gasteiger partial charge is 0.344 e. The fourth-order valence-electron chi connectivity index (χ4n) is 2.56. The molecule has 0 aliphatic carbocycles. The van der Waals surface area contributed by atoms with Crippen molar-refractivity contribution in [3.63, 3.8) is 0 Å². The van der Waals surface area contributed by atoms with Gasteiger partial charge in [0.25, 0.3) is 0 Å². The molecular formula is C19H16ClN3O2. The van der Waals surface area contributed by atoms with Crippen molar-refractivity contribution >= 4 is 17.5 Å². The molecule has 0 fully saturated rings. The van der Waals surface area contributed by atoms with E-state index in [0.29, 0.717) is 5.02 Å². The van der Waals surface area contributed by atoms with Gasteiger partial charge in [0, 0.05) is 17.4 Å². The maximum absolute atomic E-state index is 12.5. The third kappa shape index (κ3) is 4.33. The quantitative estimate of drug-likeness (QED) is 0.767. The molecule has 3 aromatic rings. The van der Waals surface area contributed by atoms with Gasteiger partial charge >= 0.3 is 5.69 Å². The maximum atomic E-state index is 12.5. The fraction of sp³-hybridized carbons (Fsp3) is 0.105. The highest BCUT2D eigenvalue weighted by Crippen LogP contribution is 2.24. The van der Waals surface area contributed by atoms with Gasteiger partial charge in [-0.2, -0.15) is 0 Å². The summed E-state index contributed by atoms with van der Waals surface area (Å²) < 4.78 is 1.26. The molecule has 0 spiro atoms. The molecule has 0 bridgehead atoms. The van der Waals surface area contributed by atoms with E-state index >= 15 is 0 Å². The lowest BCUT2D eigenvalue weighted by atomic mass is 9.98. The van der Waals surface area contributed by atoms with Crippen molar-refractivity contribution < 1.29 is 4.79 Å². The molecule has 0 radical (unpaired) electrons. The highest BCUT2D eigenvalue weighted by molar-refractivity contribution is 6.30. The first-order valence-electron chi connectivity index (χ1n) is 7.75. The summed E-state index contributed by atoms with van der Waals surface area (Å²) in [5.74, 6) is -0.288. The second kappa shape index (κ2) is 7.77. The summed E-state index contributed by atoms with van der Waals surface area (Å²) in [5, 5.41) is 3.56. The van der Waals surface area contributed by atoms with Gasteiger partial charge in [0.2, 0.25) is 5.91 Å². The number of amides is 1. The van der Waals surface area contributed by atoms with E-state index in [1.165, 1.54) is 17.0 Å². The van der Waals surface area contributed by atoms with Gasteiger partial charge in [-0.15, -0.1) is 0 Å². The van der Waals surface area contributed by atoms with Crippen molar-refractivity contribution in [1.82, 2.24) is 14.9 Å². The Bertz CT molecular complexity index is 925. The highest BCUT2D eigenvalue weighted by atomic mass is 35.5. The van der Waals surface area contributed by atoms with Crippen LogP contribution in [0, 0.1) is 0 Å². The molecule has 1 N–H and O–H groups in total. The predicted octanol–water partition coefficient (Wildman–Crippen LogP) is 2.80. The Morgan fingerprint density at radius 3 is 2.56 bits per heavy atom. The van der Waals surface area contributed by atoms with Crippen molar-refractivity contribution in [3.05, 3.63) is 99.7 Å². The lowest BCUT2D eigenvalue weighted by Crippen LogP contribution is -2.35. The molecule has 0 unspecified atom stereocenters. The number of carbonyl (C=O) groups is 1. The molecular weight excluding hydrogens is 338 g/mol. The second-order valence-corrected chi connectivity index (χ2v) is 5.93. The second-order valence-electron chi connectivity index (χ2n) is 5.50. The molecule has 1 atom stereocenters. The van der Waals surface area contributed by atoms with Gasteiger partial charge in [0.05, 0.1) is 6.04 Å². The van der Waals surface area contributed by atoms with Crippen LogP contribution < -0.4 is 11.0 Å². The van der Waals surface area contributed by atoms with Gasteiger partial charge in [-0.05, 0) is 29.3 Å². The Labute approximate surface area is 149 Å². The van der Waals surface area contributed by atoms with E-state index < -0.39 is 5.69 Å². The molecule has 0 aliphatic rings. The number of carbonyl (C=O) groups excluding carboxylic acids is 1. The van der Waals surface area contributed by atoms with Gasteiger partial charge in [0.15, 0.2) is 0 Å². The van der Waals surface area contributed by atoms with E-state index in [9.17, 15) is 9.59 Å². The van der Waals surface area contributed by atoms with Gasteiger partial charge in [-0.3, -0.25) is 9.36 Å². The SMILES string of the molecule is O=C(Cn1cccnc1=O)N[C@@H](c1ccccc1)c1cccc(Cl)c1. The van der Waals surface area contributed by atoms with E-state index in [0.717, 1.165) is 11.1 Å². The standard InChI is InChI=1S/C19H16ClN3O2/c20-16-9-4-8-15(12-16)18(14-6-2-1-3-7-14)22-17(24)13-23-11-5-10-21-19(23)25/h1-12,18H,13H2,(H,22,24)/t18-/m0/s1. The van der Waals surface area contributed by atoms with Crippen molar-refractivity contribution in [2.45, 2.75) is 12.6 Å². The third-order valence-electron chi connectivity index (χ3n) is 3.72. The fourth-order valence-corrected chi connectivity index (χ4v) is 2.76. The molecule has 0 saturated heterocycles. The summed E-state index contributed by atoms with van der Waals surface area (Å²) in [4.78, 5) is 27.8. The molecule has 126 valence electrons. The number of nitrogens with one attached hydrogen (secondary N) is 1. The van der Waals surface area contributed by atoms with Crippen molar-refractivity contribution in [2.75, 3.05) is 0 Å². The zero-order chi connectivity index (χ0) is 17.6. The Hall–Kier alpha value is -2.92. The summed E-state index contributed by atoms with van der Waals surface area (Å²) in [6.45, 7) is -0.101. The maximum Gasteiger partial charge on any atom is 0.347 e. The van der Waals surface area contributed by atoms with E-state index in [2.05, 4.69) is 10.3 Å². The van der Waals surface area contributed by atoms with E-state index in [4.69, 9.17) is 11.6 Å². The summed E-state index contributed by atoms with van der Waals surface area (Å²) in [6.07, 6.45) is 2.93. The molecule has 0 aliphatic heterocycles. The minimum atomic E-state index is -0.461. The number of aromatic nitrogens is 2. The number of benzene rings is 2. The van der Waals surface area contributed by atoms with Crippen LogP contribution in [0.15, 0.2) is 77.9 Å². The molecule has 25 heavy (non-hydrogen) atoms. The van der Waals surface area contributed by atoms with Gasteiger partial charge in [-0.25, -0.2) is 9.78 Å². The van der Waals surface area contributed by atoms with Crippen LogP contribution in [0.3, 0.4) is 0 Å².